The third-order valence-electron chi connectivity index (χ3n) is 3.44. The van der Waals surface area contributed by atoms with Crippen LogP contribution in [0.4, 0.5) is 13.2 Å². The number of methoxy groups -OCH3 is 1. The number of halogens is 3. The number of alkyl halides is 3. The minimum absolute atomic E-state index is 0.0313. The molecule has 6 heteroatoms. The van der Waals surface area contributed by atoms with Gasteiger partial charge in [0.2, 0.25) is 0 Å². The lowest BCUT2D eigenvalue weighted by Gasteiger charge is -2.26. The molecule has 112 valence electrons. The van der Waals surface area contributed by atoms with E-state index in [4.69, 9.17) is 4.74 Å². The number of aryl methyl sites for hydroxylation is 1. The number of benzene rings is 1. The molecule has 1 N–H and O–H groups in total. The summed E-state index contributed by atoms with van der Waals surface area (Å²) in [5, 5.41) is 3.21. The quantitative estimate of drug-likeness (QED) is 0.843. The van der Waals surface area contributed by atoms with Gasteiger partial charge in [-0.05, 0) is 54.3 Å². The Labute approximate surface area is 121 Å². The van der Waals surface area contributed by atoms with Crippen LogP contribution in [0.3, 0.4) is 0 Å². The highest BCUT2D eigenvalue weighted by atomic mass is 32.2. The number of hydrogen-bond donors (Lipinski definition) is 1. The van der Waals surface area contributed by atoms with Crippen molar-refractivity contribution in [3.63, 3.8) is 0 Å². The molecule has 1 atom stereocenters. The third-order valence-corrected chi connectivity index (χ3v) is 4.18. The summed E-state index contributed by atoms with van der Waals surface area (Å²) in [5.41, 5.74) is -1.58. The Morgan fingerprint density at radius 2 is 2.15 bits per heavy atom. The molecule has 0 saturated carbocycles. The number of thioether (sulfide) groups is 1. The molecule has 1 aromatic rings. The van der Waals surface area contributed by atoms with E-state index in [1.54, 1.807) is 7.11 Å². The zero-order chi connectivity index (χ0) is 14.6. The van der Waals surface area contributed by atoms with E-state index in [2.05, 4.69) is 11.4 Å². The molecular formula is C14H18F3NOS. The second-order valence-corrected chi connectivity index (χ2v) is 5.98. The fourth-order valence-corrected chi connectivity index (χ4v) is 2.92. The van der Waals surface area contributed by atoms with Crippen LogP contribution in [0.5, 0.6) is 5.75 Å². The summed E-state index contributed by atoms with van der Waals surface area (Å²) in [5.74, 6) is 0.891. The average Bonchev–Trinajstić information content (AvgIpc) is 2.41. The minimum Gasteiger partial charge on any atom is -0.497 e. The van der Waals surface area contributed by atoms with Gasteiger partial charge >= 0.3 is 5.51 Å². The first-order chi connectivity index (χ1) is 9.48. The number of ether oxygens (including phenoxy) is 1. The number of hydrogen-bond acceptors (Lipinski definition) is 3. The maximum Gasteiger partial charge on any atom is 0.441 e. The van der Waals surface area contributed by atoms with Gasteiger partial charge in [-0.25, -0.2) is 0 Å². The molecule has 2 rings (SSSR count). The van der Waals surface area contributed by atoms with Crippen LogP contribution in [-0.4, -0.2) is 31.0 Å². The highest BCUT2D eigenvalue weighted by Gasteiger charge is 2.27. The summed E-state index contributed by atoms with van der Waals surface area (Å²) in [7, 11) is 1.63. The van der Waals surface area contributed by atoms with Crippen molar-refractivity contribution in [2.24, 2.45) is 0 Å². The highest BCUT2D eigenvalue weighted by Crippen LogP contribution is 2.30. The second kappa shape index (κ2) is 6.72. The fraction of sp³-hybridized carbons (Fsp3) is 0.571. The van der Waals surface area contributed by atoms with Crippen molar-refractivity contribution < 1.29 is 17.9 Å². The first-order valence-electron chi connectivity index (χ1n) is 6.58. The van der Waals surface area contributed by atoms with Crippen LogP contribution in [0.1, 0.15) is 17.5 Å². The lowest BCUT2D eigenvalue weighted by atomic mass is 9.88. The van der Waals surface area contributed by atoms with E-state index >= 15 is 0 Å². The Morgan fingerprint density at radius 3 is 2.85 bits per heavy atom. The van der Waals surface area contributed by atoms with Crippen LogP contribution >= 0.6 is 11.8 Å². The fourth-order valence-electron chi connectivity index (χ4n) is 2.46. The van der Waals surface area contributed by atoms with Gasteiger partial charge in [-0.15, -0.1) is 0 Å². The lowest BCUT2D eigenvalue weighted by Crippen LogP contribution is -2.36. The predicted molar refractivity (Wildman–Crippen MR) is 75.3 cm³/mol. The van der Waals surface area contributed by atoms with Crippen molar-refractivity contribution in [1.82, 2.24) is 5.32 Å². The first-order valence-corrected chi connectivity index (χ1v) is 7.56. The summed E-state index contributed by atoms with van der Waals surface area (Å²) in [6, 6.07) is 6.30. The van der Waals surface area contributed by atoms with Gasteiger partial charge in [0, 0.05) is 18.3 Å². The van der Waals surface area contributed by atoms with Gasteiger partial charge < -0.3 is 10.1 Å². The highest BCUT2D eigenvalue weighted by molar-refractivity contribution is 8.00. The van der Waals surface area contributed by atoms with E-state index in [1.807, 2.05) is 12.1 Å². The van der Waals surface area contributed by atoms with E-state index in [1.165, 1.54) is 11.1 Å². The molecule has 2 nitrogen and oxygen atoms in total. The van der Waals surface area contributed by atoms with E-state index in [0.29, 0.717) is 6.54 Å². The van der Waals surface area contributed by atoms with Crippen LogP contribution < -0.4 is 10.1 Å². The molecule has 0 radical (unpaired) electrons. The van der Waals surface area contributed by atoms with Crippen molar-refractivity contribution in [2.75, 3.05) is 19.4 Å². The van der Waals surface area contributed by atoms with Crippen molar-refractivity contribution in [1.29, 1.82) is 0 Å². The number of fused-ring (bicyclic) bond motifs is 1. The van der Waals surface area contributed by atoms with Crippen molar-refractivity contribution in [3.05, 3.63) is 29.3 Å². The van der Waals surface area contributed by atoms with Crippen molar-refractivity contribution >= 4 is 11.8 Å². The maximum absolute atomic E-state index is 12.0. The SMILES string of the molecule is COc1ccc2c(c1)CC(NCCSC(F)(F)F)CC2. The zero-order valence-electron chi connectivity index (χ0n) is 11.3. The van der Waals surface area contributed by atoms with Crippen molar-refractivity contribution in [2.45, 2.75) is 30.8 Å². The molecule has 0 heterocycles. The van der Waals surface area contributed by atoms with E-state index in [0.717, 1.165) is 25.0 Å². The van der Waals surface area contributed by atoms with Gasteiger partial charge in [-0.2, -0.15) is 13.2 Å². The van der Waals surface area contributed by atoms with Crippen LogP contribution in [0.15, 0.2) is 18.2 Å². The normalized spacial score (nSPS) is 18.7. The average molecular weight is 305 g/mol. The molecule has 0 saturated heterocycles. The van der Waals surface area contributed by atoms with Crippen molar-refractivity contribution in [3.8, 4) is 5.75 Å². The van der Waals surface area contributed by atoms with E-state index in [9.17, 15) is 13.2 Å². The molecule has 0 fully saturated rings. The predicted octanol–water partition coefficient (Wildman–Crippen LogP) is 3.40. The molecule has 1 aromatic carbocycles. The van der Waals surface area contributed by atoms with Gasteiger partial charge in [-0.1, -0.05) is 6.07 Å². The molecule has 0 spiro atoms. The molecule has 20 heavy (non-hydrogen) atoms. The van der Waals surface area contributed by atoms with Gasteiger partial charge in [0.05, 0.1) is 7.11 Å². The molecule has 1 unspecified atom stereocenters. The lowest BCUT2D eigenvalue weighted by molar-refractivity contribution is -0.0327. The van der Waals surface area contributed by atoms with Crippen LogP contribution in [0.25, 0.3) is 0 Å². The van der Waals surface area contributed by atoms with Gasteiger partial charge in [0.15, 0.2) is 0 Å². The Hall–Kier alpha value is -0.880. The monoisotopic (exact) mass is 305 g/mol. The molecule has 0 aliphatic heterocycles. The van der Waals surface area contributed by atoms with Crippen LogP contribution in [0.2, 0.25) is 0 Å². The van der Waals surface area contributed by atoms with Gasteiger partial charge in [0.1, 0.15) is 5.75 Å². The first kappa shape index (κ1) is 15.5. The molecule has 1 aliphatic carbocycles. The standard InChI is InChI=1S/C14H18F3NOS/c1-19-13-5-3-10-2-4-12(8-11(10)9-13)18-6-7-20-14(15,16)17/h3,5,9,12,18H,2,4,6-8H2,1H3. The zero-order valence-corrected chi connectivity index (χ0v) is 12.1. The molecule has 0 bridgehead atoms. The summed E-state index contributed by atoms with van der Waals surface area (Å²) in [6.45, 7) is 0.383. The Kier molecular flexibility index (Phi) is 5.21. The summed E-state index contributed by atoms with van der Waals surface area (Å²) in [6.07, 6.45) is 2.78. The van der Waals surface area contributed by atoms with Gasteiger partial charge in [-0.3, -0.25) is 0 Å². The smallest absolute Gasteiger partial charge is 0.441 e. The number of nitrogens with one attached hydrogen (secondary N) is 1. The Balaban J connectivity index is 1.81. The summed E-state index contributed by atoms with van der Waals surface area (Å²) >= 11 is 0.0313. The molecule has 0 aromatic heterocycles. The van der Waals surface area contributed by atoms with Gasteiger partial charge in [0.25, 0.3) is 0 Å². The van der Waals surface area contributed by atoms with E-state index < -0.39 is 5.51 Å². The maximum atomic E-state index is 12.0. The third kappa shape index (κ3) is 4.59. The largest absolute Gasteiger partial charge is 0.497 e. The Morgan fingerprint density at radius 1 is 1.35 bits per heavy atom. The molecular weight excluding hydrogens is 287 g/mol. The summed E-state index contributed by atoms with van der Waals surface area (Å²) in [4.78, 5) is 0. The number of rotatable bonds is 5. The van der Waals surface area contributed by atoms with Crippen LogP contribution in [0, 0.1) is 0 Å². The Bertz CT molecular complexity index is 451. The summed E-state index contributed by atoms with van der Waals surface area (Å²) < 4.78 is 41.3. The van der Waals surface area contributed by atoms with Crippen LogP contribution in [-0.2, 0) is 12.8 Å². The topological polar surface area (TPSA) is 21.3 Å². The second-order valence-electron chi connectivity index (χ2n) is 4.82. The molecule has 1 aliphatic rings. The van der Waals surface area contributed by atoms with E-state index in [-0.39, 0.29) is 23.6 Å². The minimum atomic E-state index is -4.13. The molecule has 0 amide bonds.